The van der Waals surface area contributed by atoms with E-state index in [1.54, 1.807) is 0 Å². The van der Waals surface area contributed by atoms with Crippen molar-refractivity contribution >= 4 is 0 Å². The molecular formula is C13H21N3. The van der Waals surface area contributed by atoms with E-state index in [1.165, 1.54) is 19.3 Å². The summed E-state index contributed by atoms with van der Waals surface area (Å²) in [5, 5.41) is 3.52. The normalized spacial score (nSPS) is 20.2. The fraction of sp³-hybridized carbons (Fsp3) is 0.615. The van der Waals surface area contributed by atoms with Gasteiger partial charge in [-0.2, -0.15) is 0 Å². The zero-order valence-corrected chi connectivity index (χ0v) is 10.0. The van der Waals surface area contributed by atoms with Crippen LogP contribution in [-0.2, 0) is 13.1 Å². The number of hydrogen-bond donors (Lipinski definition) is 1. The number of nitrogens with one attached hydrogen (secondary N) is 1. The average Bonchev–Trinajstić information content (AvgIpc) is 2.78. The Morgan fingerprint density at radius 1 is 1.50 bits per heavy atom. The predicted molar refractivity (Wildman–Crippen MR) is 66.1 cm³/mol. The van der Waals surface area contributed by atoms with Crippen LogP contribution < -0.4 is 5.32 Å². The first-order chi connectivity index (χ1) is 7.90. The molecule has 2 rings (SSSR count). The molecule has 1 aromatic heterocycles. The number of aromatic nitrogens is 2. The highest BCUT2D eigenvalue weighted by Crippen LogP contribution is 2.16. The molecule has 3 heteroatoms. The van der Waals surface area contributed by atoms with E-state index in [9.17, 15) is 0 Å². The first-order valence-corrected chi connectivity index (χ1v) is 6.26. The van der Waals surface area contributed by atoms with Crippen LogP contribution in [0.1, 0.15) is 32.0 Å². The number of nitrogens with zero attached hydrogens (tertiary/aromatic N) is 2. The lowest BCUT2D eigenvalue weighted by molar-refractivity contribution is 0.434. The minimum atomic E-state index is 0.815. The maximum atomic E-state index is 4.36. The molecule has 0 saturated carbocycles. The zero-order valence-electron chi connectivity index (χ0n) is 10.0. The molecule has 0 bridgehead atoms. The first kappa shape index (κ1) is 11.4. The molecule has 1 aromatic rings. The van der Waals surface area contributed by atoms with E-state index in [0.29, 0.717) is 0 Å². The number of imidazole rings is 1. The van der Waals surface area contributed by atoms with Crippen LogP contribution in [0.5, 0.6) is 0 Å². The summed E-state index contributed by atoms with van der Waals surface area (Å²) in [6.45, 7) is 5.16. The van der Waals surface area contributed by atoms with Gasteiger partial charge in [0.25, 0.3) is 0 Å². The van der Waals surface area contributed by atoms with Gasteiger partial charge in [-0.1, -0.05) is 12.2 Å². The zero-order chi connectivity index (χ0) is 11.2. The standard InChI is InChI=1S/C13H21N3/c1-2-16-9-8-15-13(16)11-14-10-12-6-4-3-5-7-12/h3-4,8-9,12,14H,2,5-7,10-11H2,1H3. The van der Waals surface area contributed by atoms with Gasteiger partial charge in [0.05, 0.1) is 6.54 Å². The summed E-state index contributed by atoms with van der Waals surface area (Å²) in [5.41, 5.74) is 0. The Labute approximate surface area is 97.6 Å². The molecular weight excluding hydrogens is 198 g/mol. The van der Waals surface area contributed by atoms with Crippen molar-refractivity contribution in [1.29, 1.82) is 0 Å². The average molecular weight is 219 g/mol. The van der Waals surface area contributed by atoms with Gasteiger partial charge >= 0.3 is 0 Å². The Morgan fingerprint density at radius 3 is 3.19 bits per heavy atom. The SMILES string of the molecule is CCn1ccnc1CNCC1CC=CCC1. The predicted octanol–water partition coefficient (Wildman–Crippen LogP) is 2.35. The molecule has 1 atom stereocenters. The molecule has 0 fully saturated rings. The molecule has 88 valence electrons. The minimum absolute atomic E-state index is 0.815. The molecule has 0 aliphatic heterocycles. The van der Waals surface area contributed by atoms with Crippen molar-refractivity contribution in [2.24, 2.45) is 5.92 Å². The van der Waals surface area contributed by atoms with Gasteiger partial charge in [-0.05, 0) is 38.6 Å². The van der Waals surface area contributed by atoms with Crippen molar-refractivity contribution in [3.8, 4) is 0 Å². The summed E-state index contributed by atoms with van der Waals surface area (Å²) in [6.07, 6.45) is 12.3. The van der Waals surface area contributed by atoms with Crippen LogP contribution in [0.4, 0.5) is 0 Å². The lowest BCUT2D eigenvalue weighted by Crippen LogP contribution is -2.24. The van der Waals surface area contributed by atoms with Crippen LogP contribution >= 0.6 is 0 Å². The molecule has 1 unspecified atom stereocenters. The number of hydrogen-bond acceptors (Lipinski definition) is 2. The van der Waals surface area contributed by atoms with Crippen LogP contribution in [0.3, 0.4) is 0 Å². The van der Waals surface area contributed by atoms with E-state index < -0.39 is 0 Å². The molecule has 3 nitrogen and oxygen atoms in total. The molecule has 1 heterocycles. The number of allylic oxidation sites excluding steroid dienone is 2. The Morgan fingerprint density at radius 2 is 2.44 bits per heavy atom. The second-order valence-electron chi connectivity index (χ2n) is 4.41. The molecule has 1 aliphatic rings. The Kier molecular flexibility index (Phi) is 4.17. The van der Waals surface area contributed by atoms with E-state index in [-0.39, 0.29) is 0 Å². The number of aryl methyl sites for hydroxylation is 1. The maximum absolute atomic E-state index is 4.36. The highest BCUT2D eigenvalue weighted by Gasteiger charge is 2.09. The third-order valence-electron chi connectivity index (χ3n) is 3.24. The van der Waals surface area contributed by atoms with Gasteiger partial charge in [0.1, 0.15) is 5.82 Å². The largest absolute Gasteiger partial charge is 0.334 e. The van der Waals surface area contributed by atoms with Crippen molar-refractivity contribution < 1.29 is 0 Å². The van der Waals surface area contributed by atoms with Crippen molar-refractivity contribution in [3.05, 3.63) is 30.4 Å². The molecule has 0 amide bonds. The Hall–Kier alpha value is -1.09. The van der Waals surface area contributed by atoms with Gasteiger partial charge in [0.15, 0.2) is 0 Å². The highest BCUT2D eigenvalue weighted by molar-refractivity contribution is 4.93. The van der Waals surface area contributed by atoms with E-state index >= 15 is 0 Å². The van der Waals surface area contributed by atoms with Crippen LogP contribution in [0.15, 0.2) is 24.5 Å². The second-order valence-corrected chi connectivity index (χ2v) is 4.41. The summed E-state index contributed by atoms with van der Waals surface area (Å²) in [4.78, 5) is 4.36. The Balaban J connectivity index is 1.73. The smallest absolute Gasteiger partial charge is 0.122 e. The molecule has 16 heavy (non-hydrogen) atoms. The summed E-state index contributed by atoms with van der Waals surface area (Å²) < 4.78 is 2.19. The highest BCUT2D eigenvalue weighted by atomic mass is 15.1. The van der Waals surface area contributed by atoms with Gasteiger partial charge in [0, 0.05) is 18.9 Å². The molecule has 1 N–H and O–H groups in total. The van der Waals surface area contributed by atoms with Crippen molar-refractivity contribution in [3.63, 3.8) is 0 Å². The van der Waals surface area contributed by atoms with Gasteiger partial charge in [-0.3, -0.25) is 0 Å². The van der Waals surface area contributed by atoms with Gasteiger partial charge in [-0.15, -0.1) is 0 Å². The van der Waals surface area contributed by atoms with Crippen molar-refractivity contribution in [2.45, 2.75) is 39.3 Å². The third-order valence-corrected chi connectivity index (χ3v) is 3.24. The van der Waals surface area contributed by atoms with E-state index in [4.69, 9.17) is 0 Å². The summed E-state index contributed by atoms with van der Waals surface area (Å²) in [5.74, 6) is 1.96. The number of rotatable bonds is 5. The quantitative estimate of drug-likeness (QED) is 0.770. The van der Waals surface area contributed by atoms with Gasteiger partial charge < -0.3 is 9.88 Å². The van der Waals surface area contributed by atoms with E-state index in [0.717, 1.165) is 31.4 Å². The molecule has 0 radical (unpaired) electrons. The van der Waals surface area contributed by atoms with Crippen molar-refractivity contribution in [1.82, 2.24) is 14.9 Å². The third kappa shape index (κ3) is 2.95. The van der Waals surface area contributed by atoms with E-state index in [1.807, 2.05) is 12.4 Å². The van der Waals surface area contributed by atoms with E-state index in [2.05, 4.69) is 33.9 Å². The lowest BCUT2D eigenvalue weighted by atomic mass is 9.94. The van der Waals surface area contributed by atoms with Gasteiger partial charge in [-0.25, -0.2) is 4.98 Å². The van der Waals surface area contributed by atoms with Crippen LogP contribution in [0.2, 0.25) is 0 Å². The Bertz CT molecular complexity index is 341. The minimum Gasteiger partial charge on any atom is -0.334 e. The summed E-state index contributed by atoms with van der Waals surface area (Å²) in [6, 6.07) is 0. The summed E-state index contributed by atoms with van der Waals surface area (Å²) in [7, 11) is 0. The second kappa shape index (κ2) is 5.85. The van der Waals surface area contributed by atoms with Crippen LogP contribution in [-0.4, -0.2) is 16.1 Å². The van der Waals surface area contributed by atoms with Crippen molar-refractivity contribution in [2.75, 3.05) is 6.54 Å². The molecule has 0 spiro atoms. The fourth-order valence-corrected chi connectivity index (χ4v) is 2.22. The summed E-state index contributed by atoms with van der Waals surface area (Å²) >= 11 is 0. The molecule has 0 aromatic carbocycles. The maximum Gasteiger partial charge on any atom is 0.122 e. The molecule has 1 aliphatic carbocycles. The van der Waals surface area contributed by atoms with Gasteiger partial charge in [0.2, 0.25) is 0 Å². The first-order valence-electron chi connectivity index (χ1n) is 6.26. The van der Waals surface area contributed by atoms with Crippen LogP contribution in [0, 0.1) is 5.92 Å². The monoisotopic (exact) mass is 219 g/mol. The topological polar surface area (TPSA) is 29.9 Å². The van der Waals surface area contributed by atoms with Crippen LogP contribution in [0.25, 0.3) is 0 Å². The lowest BCUT2D eigenvalue weighted by Gasteiger charge is -2.18. The fourth-order valence-electron chi connectivity index (χ4n) is 2.22. The molecule has 0 saturated heterocycles.